The Hall–Kier alpha value is -1.28. The van der Waals surface area contributed by atoms with Crippen LogP contribution in [0.3, 0.4) is 0 Å². The summed E-state index contributed by atoms with van der Waals surface area (Å²) in [4.78, 5) is 21.0. The molecule has 0 spiro atoms. The summed E-state index contributed by atoms with van der Waals surface area (Å²) in [5.41, 5.74) is 5.16. The Bertz CT molecular complexity index is 593. The molecule has 1 unspecified atom stereocenters. The molecule has 0 aliphatic heterocycles. The van der Waals surface area contributed by atoms with Crippen LogP contribution < -0.4 is 5.73 Å². The van der Waals surface area contributed by atoms with Gasteiger partial charge >= 0.3 is 13.8 Å². The van der Waals surface area contributed by atoms with Crippen LogP contribution in [0, 0.1) is 0 Å². The highest BCUT2D eigenvalue weighted by molar-refractivity contribution is 7.47. The van der Waals surface area contributed by atoms with E-state index in [1.165, 1.54) is 25.7 Å². The van der Waals surface area contributed by atoms with Crippen molar-refractivity contribution in [1.29, 1.82) is 0 Å². The van der Waals surface area contributed by atoms with Crippen LogP contribution in [0.4, 0.5) is 0 Å². The molecule has 4 N–H and O–H groups in total. The monoisotopic (exact) mass is 475 g/mol. The van der Waals surface area contributed by atoms with Gasteiger partial charge in [0.25, 0.3) is 0 Å². The average molecular weight is 476 g/mol. The van der Waals surface area contributed by atoms with E-state index in [9.17, 15) is 19.4 Å². The van der Waals surface area contributed by atoms with E-state index < -0.39 is 26.5 Å². The first-order valence-electron chi connectivity index (χ1n) is 11.5. The van der Waals surface area contributed by atoms with Crippen LogP contribution in [0.25, 0.3) is 0 Å². The van der Waals surface area contributed by atoms with E-state index in [0.29, 0.717) is 6.42 Å². The molecule has 0 bridgehead atoms. The first-order chi connectivity index (χ1) is 15.4. The first kappa shape index (κ1) is 30.7. The Morgan fingerprint density at radius 2 is 1.53 bits per heavy atom. The van der Waals surface area contributed by atoms with Crippen molar-refractivity contribution in [3.05, 3.63) is 36.5 Å². The van der Waals surface area contributed by atoms with Gasteiger partial charge in [0.05, 0.1) is 13.2 Å². The maximum atomic E-state index is 11.7. The summed E-state index contributed by atoms with van der Waals surface area (Å²) in [6.07, 6.45) is 21.4. The number of hydrogen-bond acceptors (Lipinski definition) is 7. The molecule has 186 valence electrons. The number of unbranched alkanes of at least 4 members (excludes halogenated alkanes) is 5. The standard InChI is InChI=1S/C23H42NO7P/c1-2-3-4-5-6-7-8-9-10-11-12-13-14-15-16-17-23(26)29-20-22(25)21-31-32(27,28)30-19-18-24/h6-7,9-10,12-13,22,25H,2-5,8,11,14-21,24H2,1H3,(H,27,28)/t22-/m1/s1. The minimum atomic E-state index is -4.25. The van der Waals surface area contributed by atoms with Gasteiger partial charge in [-0.05, 0) is 44.9 Å². The predicted octanol–water partition coefficient (Wildman–Crippen LogP) is 4.57. The third-order valence-electron chi connectivity index (χ3n) is 4.26. The van der Waals surface area contributed by atoms with Crippen LogP contribution >= 0.6 is 7.82 Å². The highest BCUT2D eigenvalue weighted by Crippen LogP contribution is 2.42. The van der Waals surface area contributed by atoms with Gasteiger partial charge in [-0.3, -0.25) is 13.8 Å². The Balaban J connectivity index is 3.64. The normalized spacial score (nSPS) is 15.0. The molecule has 0 aliphatic carbocycles. The molecule has 8 nitrogen and oxygen atoms in total. The molecule has 0 fully saturated rings. The summed E-state index contributed by atoms with van der Waals surface area (Å²) in [6.45, 7) is 1.35. The Kier molecular flexibility index (Phi) is 20.7. The van der Waals surface area contributed by atoms with E-state index in [4.69, 9.17) is 10.5 Å². The van der Waals surface area contributed by atoms with Crippen LogP contribution in [0.5, 0.6) is 0 Å². The molecule has 0 saturated carbocycles. The molecule has 0 aromatic carbocycles. The van der Waals surface area contributed by atoms with Gasteiger partial charge in [-0.15, -0.1) is 0 Å². The van der Waals surface area contributed by atoms with Crippen molar-refractivity contribution in [2.24, 2.45) is 5.73 Å². The molecule has 0 radical (unpaired) electrons. The number of phosphoric acid groups is 1. The molecule has 9 heteroatoms. The fraction of sp³-hybridized carbons (Fsp3) is 0.696. The zero-order valence-electron chi connectivity index (χ0n) is 19.4. The van der Waals surface area contributed by atoms with Crippen molar-refractivity contribution in [3.63, 3.8) is 0 Å². The Morgan fingerprint density at radius 3 is 2.12 bits per heavy atom. The van der Waals surface area contributed by atoms with Crippen molar-refractivity contribution in [2.75, 3.05) is 26.4 Å². The number of ether oxygens (including phenoxy) is 1. The van der Waals surface area contributed by atoms with Gasteiger partial charge in [0.1, 0.15) is 12.7 Å². The maximum Gasteiger partial charge on any atom is 0.472 e. The van der Waals surface area contributed by atoms with Gasteiger partial charge in [-0.25, -0.2) is 4.57 Å². The molecule has 0 aromatic rings. The fourth-order valence-electron chi connectivity index (χ4n) is 2.52. The second-order valence-corrected chi connectivity index (χ2v) is 8.80. The fourth-order valence-corrected chi connectivity index (χ4v) is 3.29. The molecule has 32 heavy (non-hydrogen) atoms. The number of aliphatic hydroxyl groups is 1. The largest absolute Gasteiger partial charge is 0.472 e. The van der Waals surface area contributed by atoms with Gasteiger partial charge in [-0.1, -0.05) is 56.2 Å². The summed E-state index contributed by atoms with van der Waals surface area (Å²) >= 11 is 0. The minimum absolute atomic E-state index is 0.0675. The summed E-state index contributed by atoms with van der Waals surface area (Å²) in [6, 6.07) is 0. The number of carbonyl (C=O) groups excluding carboxylic acids is 1. The van der Waals surface area contributed by atoms with Gasteiger partial charge in [0.15, 0.2) is 0 Å². The highest BCUT2D eigenvalue weighted by Gasteiger charge is 2.22. The molecular formula is C23H42NO7P. The van der Waals surface area contributed by atoms with E-state index >= 15 is 0 Å². The zero-order chi connectivity index (χ0) is 23.9. The Morgan fingerprint density at radius 1 is 0.938 bits per heavy atom. The highest BCUT2D eigenvalue weighted by atomic mass is 31.2. The summed E-state index contributed by atoms with van der Waals surface area (Å²) in [5.74, 6) is -0.426. The summed E-state index contributed by atoms with van der Waals surface area (Å²) in [5, 5.41) is 9.66. The minimum Gasteiger partial charge on any atom is -0.463 e. The Labute approximate surface area is 193 Å². The lowest BCUT2D eigenvalue weighted by Crippen LogP contribution is -2.23. The van der Waals surface area contributed by atoms with Crippen LogP contribution in [-0.4, -0.2) is 48.4 Å². The van der Waals surface area contributed by atoms with Crippen LogP contribution in [0.1, 0.15) is 71.1 Å². The quantitative estimate of drug-likeness (QED) is 0.0953. The van der Waals surface area contributed by atoms with Crippen molar-refractivity contribution in [2.45, 2.75) is 77.2 Å². The second-order valence-electron chi connectivity index (χ2n) is 7.35. The molecule has 0 rings (SSSR count). The van der Waals surface area contributed by atoms with Crippen LogP contribution in [-0.2, 0) is 23.1 Å². The number of nitrogens with two attached hydrogens (primary N) is 1. The van der Waals surface area contributed by atoms with E-state index in [0.717, 1.165) is 25.7 Å². The van der Waals surface area contributed by atoms with E-state index in [1.54, 1.807) is 0 Å². The molecule has 0 heterocycles. The average Bonchev–Trinajstić information content (AvgIpc) is 2.77. The lowest BCUT2D eigenvalue weighted by Gasteiger charge is -2.15. The van der Waals surface area contributed by atoms with Gasteiger partial charge in [-0.2, -0.15) is 0 Å². The van der Waals surface area contributed by atoms with E-state index in [1.807, 2.05) is 0 Å². The number of aliphatic hydroxyl groups excluding tert-OH is 1. The molecule has 0 aromatic heterocycles. The number of carbonyl (C=O) groups is 1. The first-order valence-corrected chi connectivity index (χ1v) is 13.0. The molecule has 2 atom stereocenters. The van der Waals surface area contributed by atoms with E-state index in [-0.39, 0.29) is 26.2 Å². The van der Waals surface area contributed by atoms with Crippen molar-refractivity contribution < 1.29 is 33.1 Å². The number of allylic oxidation sites excluding steroid dienone is 6. The van der Waals surface area contributed by atoms with Crippen LogP contribution in [0.15, 0.2) is 36.5 Å². The van der Waals surface area contributed by atoms with Crippen molar-refractivity contribution in [3.8, 4) is 0 Å². The predicted molar refractivity (Wildman–Crippen MR) is 127 cm³/mol. The molecule has 0 aliphatic rings. The number of esters is 1. The van der Waals surface area contributed by atoms with Crippen molar-refractivity contribution >= 4 is 13.8 Å². The molecule has 0 saturated heterocycles. The summed E-state index contributed by atoms with van der Waals surface area (Å²) in [7, 11) is -4.25. The zero-order valence-corrected chi connectivity index (χ0v) is 20.3. The SMILES string of the molecule is CCCCCC=CCC=CCC=CCCCCC(=O)OC[C@@H](O)COP(=O)(O)OCCN. The molecule has 0 amide bonds. The van der Waals surface area contributed by atoms with E-state index in [2.05, 4.69) is 52.4 Å². The smallest absolute Gasteiger partial charge is 0.463 e. The molecular weight excluding hydrogens is 433 g/mol. The summed E-state index contributed by atoms with van der Waals surface area (Å²) < 4.78 is 25.5. The maximum absolute atomic E-state index is 11.7. The van der Waals surface area contributed by atoms with Gasteiger partial charge in [0.2, 0.25) is 0 Å². The lowest BCUT2D eigenvalue weighted by atomic mass is 10.1. The number of phosphoric ester groups is 1. The van der Waals surface area contributed by atoms with Crippen molar-refractivity contribution in [1.82, 2.24) is 0 Å². The second kappa shape index (κ2) is 21.6. The number of hydrogen-bond donors (Lipinski definition) is 3. The lowest BCUT2D eigenvalue weighted by molar-refractivity contribution is -0.147. The topological polar surface area (TPSA) is 128 Å². The van der Waals surface area contributed by atoms with Gasteiger partial charge in [0, 0.05) is 13.0 Å². The third kappa shape index (κ3) is 21.9. The van der Waals surface area contributed by atoms with Gasteiger partial charge < -0.3 is 20.5 Å². The third-order valence-corrected chi connectivity index (χ3v) is 5.24. The van der Waals surface area contributed by atoms with Crippen LogP contribution in [0.2, 0.25) is 0 Å². The number of rotatable bonds is 21.